The number of piperidine rings is 1. The van der Waals surface area contributed by atoms with Gasteiger partial charge in [0.15, 0.2) is 0 Å². The zero-order valence-corrected chi connectivity index (χ0v) is 15.9. The summed E-state index contributed by atoms with van der Waals surface area (Å²) in [5.41, 5.74) is 0.641. The van der Waals surface area contributed by atoms with Crippen LogP contribution in [0.5, 0.6) is 0 Å². The Morgan fingerprint density at radius 3 is 2.64 bits per heavy atom. The highest BCUT2D eigenvalue weighted by Crippen LogP contribution is 2.16. The van der Waals surface area contributed by atoms with Crippen molar-refractivity contribution in [2.24, 2.45) is 5.92 Å². The van der Waals surface area contributed by atoms with Crippen molar-refractivity contribution in [3.05, 3.63) is 52.0 Å². The lowest BCUT2D eigenvalue weighted by molar-refractivity contribution is 0.362. The van der Waals surface area contributed by atoms with Crippen molar-refractivity contribution < 1.29 is 4.39 Å². The van der Waals surface area contributed by atoms with Crippen LogP contribution in [0.25, 0.3) is 0 Å². The fraction of sp³-hybridized carbons (Fsp3) is 0.529. The number of hydrogen-bond donors (Lipinski definition) is 1. The molecule has 5 nitrogen and oxygen atoms in total. The number of nitrogens with one attached hydrogen (secondary N) is 1. The van der Waals surface area contributed by atoms with Gasteiger partial charge in [0.1, 0.15) is 11.6 Å². The molecule has 1 aromatic carbocycles. The molecule has 3 rings (SSSR count). The van der Waals surface area contributed by atoms with Gasteiger partial charge in [0.25, 0.3) is 0 Å². The van der Waals surface area contributed by atoms with E-state index in [1.54, 1.807) is 10.6 Å². The Hall–Kier alpha value is -1.37. The van der Waals surface area contributed by atoms with Crippen LogP contribution in [0.4, 0.5) is 4.39 Å². The fourth-order valence-corrected chi connectivity index (χ4v) is 3.21. The van der Waals surface area contributed by atoms with E-state index in [-0.39, 0.29) is 36.3 Å². The van der Waals surface area contributed by atoms with Crippen LogP contribution in [0.1, 0.15) is 31.2 Å². The molecule has 25 heavy (non-hydrogen) atoms. The Balaban J connectivity index is 0.00000156. The van der Waals surface area contributed by atoms with Crippen molar-refractivity contribution in [2.45, 2.75) is 39.3 Å². The molecule has 1 aromatic heterocycles. The monoisotopic (exact) mass is 390 g/mol. The van der Waals surface area contributed by atoms with Gasteiger partial charge in [-0.2, -0.15) is 5.10 Å². The number of benzene rings is 1. The zero-order valence-electron chi connectivity index (χ0n) is 14.3. The van der Waals surface area contributed by atoms with E-state index in [9.17, 15) is 9.18 Å². The molecule has 0 saturated carbocycles. The molecule has 140 valence electrons. The van der Waals surface area contributed by atoms with Gasteiger partial charge in [0.05, 0.1) is 6.54 Å². The van der Waals surface area contributed by atoms with Gasteiger partial charge in [-0.15, -0.1) is 24.8 Å². The number of hydrogen-bond acceptors (Lipinski definition) is 3. The summed E-state index contributed by atoms with van der Waals surface area (Å²) in [6, 6.07) is 6.32. The predicted molar refractivity (Wildman–Crippen MR) is 101 cm³/mol. The second-order valence-electron chi connectivity index (χ2n) is 6.13. The van der Waals surface area contributed by atoms with Crippen LogP contribution >= 0.6 is 24.8 Å². The van der Waals surface area contributed by atoms with E-state index in [1.807, 2.05) is 13.0 Å². The summed E-state index contributed by atoms with van der Waals surface area (Å²) >= 11 is 0. The SMILES string of the molecule is CCn1c(CC2CCNCC2)nn(Cc2cccc(F)c2)c1=O.Cl.Cl. The van der Waals surface area contributed by atoms with Crippen molar-refractivity contribution in [2.75, 3.05) is 13.1 Å². The third kappa shape index (κ3) is 5.30. The predicted octanol–water partition coefficient (Wildman–Crippen LogP) is 2.64. The van der Waals surface area contributed by atoms with E-state index >= 15 is 0 Å². The van der Waals surface area contributed by atoms with Crippen molar-refractivity contribution in [3.63, 3.8) is 0 Å². The maximum atomic E-state index is 13.3. The molecule has 2 heterocycles. The molecule has 0 bridgehead atoms. The highest BCUT2D eigenvalue weighted by atomic mass is 35.5. The molecule has 8 heteroatoms. The maximum absolute atomic E-state index is 13.3. The van der Waals surface area contributed by atoms with Crippen LogP contribution in [-0.2, 0) is 19.5 Å². The lowest BCUT2D eigenvalue weighted by atomic mass is 9.94. The number of halogens is 3. The highest BCUT2D eigenvalue weighted by molar-refractivity contribution is 5.85. The van der Waals surface area contributed by atoms with Crippen molar-refractivity contribution in [1.82, 2.24) is 19.7 Å². The molecule has 0 spiro atoms. The second kappa shape index (κ2) is 9.94. The van der Waals surface area contributed by atoms with Crippen molar-refractivity contribution in [3.8, 4) is 0 Å². The average molecular weight is 391 g/mol. The van der Waals surface area contributed by atoms with E-state index in [4.69, 9.17) is 0 Å². The molecule has 0 aliphatic carbocycles. The molecule has 1 fully saturated rings. The molecule has 1 N–H and O–H groups in total. The molecule has 1 aliphatic rings. The fourth-order valence-electron chi connectivity index (χ4n) is 3.21. The number of nitrogens with zero attached hydrogens (tertiary/aromatic N) is 3. The van der Waals surface area contributed by atoms with Gasteiger partial charge in [-0.05, 0) is 56.5 Å². The summed E-state index contributed by atoms with van der Waals surface area (Å²) in [6.45, 7) is 4.95. The van der Waals surface area contributed by atoms with Crippen LogP contribution in [0.2, 0.25) is 0 Å². The summed E-state index contributed by atoms with van der Waals surface area (Å²) in [5.74, 6) is 1.13. The van der Waals surface area contributed by atoms with Crippen LogP contribution in [-0.4, -0.2) is 27.4 Å². The van der Waals surface area contributed by atoms with Crippen LogP contribution in [0, 0.1) is 11.7 Å². The molecule has 2 aromatic rings. The lowest BCUT2D eigenvalue weighted by Crippen LogP contribution is -2.30. The van der Waals surface area contributed by atoms with Gasteiger partial charge in [0.2, 0.25) is 0 Å². The quantitative estimate of drug-likeness (QED) is 0.853. The summed E-state index contributed by atoms with van der Waals surface area (Å²) in [5, 5.41) is 7.88. The Morgan fingerprint density at radius 1 is 1.28 bits per heavy atom. The molecule has 1 saturated heterocycles. The van der Waals surface area contributed by atoms with Gasteiger partial charge in [0, 0.05) is 13.0 Å². The largest absolute Gasteiger partial charge is 0.346 e. The van der Waals surface area contributed by atoms with Gasteiger partial charge in [-0.25, -0.2) is 13.9 Å². The molecule has 1 aliphatic heterocycles. The molecule has 0 atom stereocenters. The Morgan fingerprint density at radius 2 is 2.00 bits per heavy atom. The number of rotatable bonds is 5. The summed E-state index contributed by atoms with van der Waals surface area (Å²) in [7, 11) is 0. The summed E-state index contributed by atoms with van der Waals surface area (Å²) < 4.78 is 16.5. The molecule has 0 radical (unpaired) electrons. The summed E-state index contributed by atoms with van der Waals surface area (Å²) in [6.07, 6.45) is 3.07. The van der Waals surface area contributed by atoms with Gasteiger partial charge < -0.3 is 5.32 Å². The first-order valence-electron chi connectivity index (χ1n) is 8.29. The van der Waals surface area contributed by atoms with E-state index in [0.717, 1.165) is 43.7 Å². The van der Waals surface area contributed by atoms with Crippen LogP contribution < -0.4 is 11.0 Å². The molecule has 0 unspecified atom stereocenters. The Labute approximate surface area is 159 Å². The second-order valence-corrected chi connectivity index (χ2v) is 6.13. The lowest BCUT2D eigenvalue weighted by Gasteiger charge is -2.21. The normalized spacial score (nSPS) is 14.6. The van der Waals surface area contributed by atoms with Crippen LogP contribution in [0.15, 0.2) is 29.1 Å². The zero-order chi connectivity index (χ0) is 16.2. The summed E-state index contributed by atoms with van der Waals surface area (Å²) in [4.78, 5) is 12.5. The maximum Gasteiger partial charge on any atom is 0.346 e. The highest BCUT2D eigenvalue weighted by Gasteiger charge is 2.19. The minimum atomic E-state index is -0.291. The minimum absolute atomic E-state index is 0. The first kappa shape index (κ1) is 21.7. The average Bonchev–Trinajstić information content (AvgIpc) is 2.83. The Kier molecular flexibility index (Phi) is 8.62. The van der Waals surface area contributed by atoms with Crippen LogP contribution in [0.3, 0.4) is 0 Å². The standard InChI is InChI=1S/C17H23FN4O.2ClH/c1-2-21-16(11-13-6-8-19-9-7-13)20-22(17(21)23)12-14-4-3-5-15(18)10-14;;/h3-5,10,13,19H,2,6-9,11-12H2,1H3;2*1H. The molecule has 0 amide bonds. The smallest absolute Gasteiger partial charge is 0.317 e. The van der Waals surface area contributed by atoms with E-state index in [1.165, 1.54) is 16.8 Å². The molecular weight excluding hydrogens is 366 g/mol. The third-order valence-electron chi connectivity index (χ3n) is 4.47. The first-order valence-corrected chi connectivity index (χ1v) is 8.29. The Bertz CT molecular complexity index is 726. The topological polar surface area (TPSA) is 51.9 Å². The minimum Gasteiger partial charge on any atom is -0.317 e. The van der Waals surface area contributed by atoms with E-state index < -0.39 is 0 Å². The van der Waals surface area contributed by atoms with Crippen molar-refractivity contribution >= 4 is 24.8 Å². The van der Waals surface area contributed by atoms with Gasteiger partial charge in [-0.1, -0.05) is 12.1 Å². The third-order valence-corrected chi connectivity index (χ3v) is 4.47. The van der Waals surface area contributed by atoms with E-state index in [0.29, 0.717) is 19.0 Å². The van der Waals surface area contributed by atoms with E-state index in [2.05, 4.69) is 10.4 Å². The van der Waals surface area contributed by atoms with Gasteiger partial charge >= 0.3 is 5.69 Å². The van der Waals surface area contributed by atoms with Crippen molar-refractivity contribution in [1.29, 1.82) is 0 Å². The number of aromatic nitrogens is 3. The molecular formula is C17H25Cl2FN4O. The van der Waals surface area contributed by atoms with Gasteiger partial charge in [-0.3, -0.25) is 4.57 Å². The first-order chi connectivity index (χ1) is 11.2.